The van der Waals surface area contributed by atoms with Crippen LogP contribution in [-0.2, 0) is 199 Å². The Bertz CT molecular complexity index is 4780. The van der Waals surface area contributed by atoms with Gasteiger partial charge in [0.15, 0.2) is 67.9 Å². The van der Waals surface area contributed by atoms with Crippen LogP contribution in [0, 0.1) is 5.92 Å². The maximum atomic E-state index is 14.2. The Morgan fingerprint density at radius 3 is 0.904 bits per heavy atom. The number of aliphatic hydroxyl groups excluding tert-OH is 1. The van der Waals surface area contributed by atoms with Crippen molar-refractivity contribution in [3.63, 3.8) is 0 Å². The lowest BCUT2D eigenvalue weighted by Crippen LogP contribution is -2.66. The van der Waals surface area contributed by atoms with Crippen LogP contribution < -0.4 is 53.6 Å². The summed E-state index contributed by atoms with van der Waals surface area (Å²) in [5.74, 6) is -15.5. The van der Waals surface area contributed by atoms with E-state index in [1.54, 1.807) is 6.92 Å². The molecule has 2 aromatic rings. The number of benzene rings is 2. The third-order valence-corrected chi connectivity index (χ3v) is 21.2. The van der Waals surface area contributed by atoms with E-state index in [0.29, 0.717) is 5.56 Å². The third kappa shape index (κ3) is 42.4. The zero-order valence-electron chi connectivity index (χ0n) is 83.6. The number of nitrogens with one attached hydrogen (secondary N) is 9. The summed E-state index contributed by atoms with van der Waals surface area (Å²) >= 11 is 0. The van der Waals surface area contributed by atoms with E-state index in [2.05, 4.69) is 47.9 Å². The van der Waals surface area contributed by atoms with E-state index in [4.69, 9.17) is 115 Å². The maximum Gasteiger partial charge on any atom is 0.303 e. The summed E-state index contributed by atoms with van der Waals surface area (Å²) in [5, 5.41) is 34.0. The first-order valence-corrected chi connectivity index (χ1v) is 46.5. The van der Waals surface area contributed by atoms with E-state index < -0.39 is 267 Å². The van der Waals surface area contributed by atoms with Crippen LogP contribution in [0.4, 0.5) is 0 Å². The average Bonchev–Trinajstić information content (AvgIpc) is 0.790. The molecule has 146 heavy (non-hydrogen) atoms. The standard InChI is InChI=1S/C92H132N10O44/c1-46-76(135-53(8)110)78(137-55(10)112)69(43-132-50(5)107)144-89(46)128-34-30-124-28-24-96-86(121)65-38-61(16-18-63(65)84(119)94-22-26-125-31-35-129-90-73(100-47(2)104)81(140-58(13)115)77(136-54(9)111)68(42-103)143-90)40-98-72(118)21-20-67(93)88(123)99-41-62-17-19-64(85(120)95-23-27-126-32-36-130-91-74(101-48(3)105)82(141-59(14)116)79(138-56(11)113)70(145-91)44-133-51(6)108)66(39-62)87(122)97-25-29-127-33-37-131-92-75(102-49(4)106)83(142-60(15)117)80(139-57(12)114)71(146-92)45-134-52(7)109/h16-19,38-39,46,67-71,73-83,89-92,103H,20-37,40-45,93H2,1-15H3,(H,94,119)(H,95,120)(H,96,121)(H,97,122)(H,98,118)(H,99,123)(H,100,104)(H,101,105)(H,102,106)/t46-,67?,68-,69-,70-,71-,73-,74-,75-,76-,77+,78+,79+,80+,81-,82-,83-,89?,90?,91?,92?/m1/s1. The molecule has 4 heterocycles. The summed E-state index contributed by atoms with van der Waals surface area (Å²) in [6.07, 6.45) is -21.3. The van der Waals surface area contributed by atoms with Gasteiger partial charge >= 0.3 is 65.7 Å². The lowest BCUT2D eigenvalue weighted by Gasteiger charge is -2.44. The number of carbonyl (C=O) groups is 20. The minimum absolute atomic E-state index is 0.0927. The number of hydrogen-bond acceptors (Lipinski definition) is 45. The Hall–Kier alpha value is -12.7. The lowest BCUT2D eigenvalue weighted by atomic mass is 9.92. The topological polar surface area (TPSA) is 708 Å². The van der Waals surface area contributed by atoms with E-state index in [1.807, 2.05) is 0 Å². The first-order valence-electron chi connectivity index (χ1n) is 46.5. The molecule has 12 N–H and O–H groups in total. The fraction of sp³-hybridized carbons (Fsp3) is 0.652. The van der Waals surface area contributed by atoms with Crippen molar-refractivity contribution in [3.05, 3.63) is 69.8 Å². The number of aliphatic hydroxyl groups is 1. The molecule has 9 amide bonds. The molecule has 0 radical (unpaired) electrons. The fourth-order valence-corrected chi connectivity index (χ4v) is 15.2. The van der Waals surface area contributed by atoms with Gasteiger partial charge in [-0.05, 0) is 41.8 Å². The minimum atomic E-state index is -1.42. The van der Waals surface area contributed by atoms with Crippen molar-refractivity contribution in [2.24, 2.45) is 11.7 Å². The summed E-state index contributed by atoms with van der Waals surface area (Å²) in [5.41, 5.74) is 6.24. The molecule has 0 bridgehead atoms. The van der Waals surface area contributed by atoms with Gasteiger partial charge in [0.25, 0.3) is 23.6 Å². The molecule has 5 unspecified atom stereocenters. The van der Waals surface area contributed by atoms with E-state index in [0.717, 1.165) is 90.0 Å². The van der Waals surface area contributed by atoms with Gasteiger partial charge in [-0.1, -0.05) is 19.1 Å². The molecular weight excluding hydrogens is 1950 g/mol. The van der Waals surface area contributed by atoms with E-state index in [-0.39, 0.29) is 166 Å². The number of esters is 11. The van der Waals surface area contributed by atoms with Gasteiger partial charge < -0.3 is 168 Å². The van der Waals surface area contributed by atoms with Crippen LogP contribution in [0.1, 0.15) is 169 Å². The lowest BCUT2D eigenvalue weighted by molar-refractivity contribution is -0.290. The van der Waals surface area contributed by atoms with Gasteiger partial charge in [0.1, 0.15) is 68.5 Å². The van der Waals surface area contributed by atoms with Crippen LogP contribution in [0.2, 0.25) is 0 Å². The Kier molecular flexibility index (Phi) is 52.6. The van der Waals surface area contributed by atoms with Gasteiger partial charge in [-0.25, -0.2) is 0 Å². The van der Waals surface area contributed by atoms with Crippen LogP contribution >= 0.6 is 0 Å². The van der Waals surface area contributed by atoms with E-state index in [9.17, 15) is 101 Å². The van der Waals surface area contributed by atoms with Gasteiger partial charge in [-0.15, -0.1) is 0 Å². The van der Waals surface area contributed by atoms with Crippen molar-refractivity contribution < 1.29 is 210 Å². The smallest absolute Gasteiger partial charge is 0.303 e. The van der Waals surface area contributed by atoms with Gasteiger partial charge in [0.05, 0.1) is 114 Å². The Labute approximate surface area is 839 Å². The second-order valence-corrected chi connectivity index (χ2v) is 33.2. The van der Waals surface area contributed by atoms with Crippen molar-refractivity contribution in [3.8, 4) is 0 Å². The first kappa shape index (κ1) is 122. The SMILES string of the molecule is CC(=O)N[C@H]1C(OCCOCCNC(=O)c2ccc(CNC(=O)CCC(N)C(=O)NCc3ccc(C(=O)NCCOCCOC4O[C@H](COC(C)=O)[C@H](OC(C)=O)[C@H](OC(C)=O)[C@H]4NC(C)=O)c(C(=O)NCCOCCOC4O[C@H](COC(C)=O)[C@H](OC(C)=O)[C@H](OC(C)=O)[C@H]4NC(C)=O)c3)cc2C(=O)NCCOCCOC2O[C@H](COC(C)=O)[C@H](OC(C)=O)[C@H](OC(C)=O)[C@H]2C)O[C@H](CO)[C@H](OC(C)=O)[C@@H]1OC(C)=O. The molecule has 0 aliphatic carbocycles. The Balaban J connectivity index is 1.12. The minimum Gasteiger partial charge on any atom is -0.463 e. The number of ether oxygens (including phenoxy) is 23. The predicted octanol–water partition coefficient (Wildman–Crippen LogP) is -4.04. The summed E-state index contributed by atoms with van der Waals surface area (Å²) in [4.78, 5) is 254. The van der Waals surface area contributed by atoms with Crippen molar-refractivity contribution >= 4 is 119 Å². The highest BCUT2D eigenvalue weighted by Gasteiger charge is 2.55. The van der Waals surface area contributed by atoms with Crippen LogP contribution in [0.5, 0.6) is 0 Å². The number of rotatable bonds is 58. The first-order chi connectivity index (χ1) is 69.2. The van der Waals surface area contributed by atoms with E-state index in [1.165, 1.54) is 43.3 Å². The van der Waals surface area contributed by atoms with Crippen molar-refractivity contribution in [1.29, 1.82) is 0 Å². The highest BCUT2D eigenvalue weighted by Crippen LogP contribution is 2.35. The largest absolute Gasteiger partial charge is 0.463 e. The number of carbonyl (C=O) groups excluding carboxylic acids is 20. The molecule has 54 heteroatoms. The van der Waals surface area contributed by atoms with Gasteiger partial charge in [-0.2, -0.15) is 0 Å². The normalized spacial score (nSPS) is 23.7. The van der Waals surface area contributed by atoms with Crippen molar-refractivity contribution in [2.45, 2.75) is 252 Å². The third-order valence-electron chi connectivity index (χ3n) is 21.2. The monoisotopic (exact) mass is 2080 g/mol. The molecule has 4 fully saturated rings. The molecule has 2 aromatic carbocycles. The number of hydrogen-bond donors (Lipinski definition) is 11. The molecule has 0 saturated carbocycles. The fourth-order valence-electron chi connectivity index (χ4n) is 15.2. The summed E-state index contributed by atoms with van der Waals surface area (Å²) in [7, 11) is 0. The molecule has 0 spiro atoms. The molecule has 0 aromatic heterocycles. The zero-order chi connectivity index (χ0) is 108. The average molecular weight is 2080 g/mol. The number of amides is 9. The summed E-state index contributed by atoms with van der Waals surface area (Å²) < 4.78 is 130. The Morgan fingerprint density at radius 2 is 0.596 bits per heavy atom. The quantitative estimate of drug-likeness (QED) is 0.0171. The molecule has 4 saturated heterocycles. The maximum absolute atomic E-state index is 14.2. The van der Waals surface area contributed by atoms with E-state index >= 15 is 0 Å². The van der Waals surface area contributed by atoms with Crippen LogP contribution in [0.15, 0.2) is 36.4 Å². The molecule has 54 nitrogen and oxygen atoms in total. The second-order valence-electron chi connectivity index (χ2n) is 33.2. The molecular formula is C92H132N10O44. The zero-order valence-corrected chi connectivity index (χ0v) is 83.6. The van der Waals surface area contributed by atoms with Gasteiger partial charge in [0, 0.05) is 149 Å². The molecule has 6 rings (SSSR count). The van der Waals surface area contributed by atoms with Gasteiger partial charge in [-0.3, -0.25) is 95.9 Å². The van der Waals surface area contributed by atoms with Crippen LogP contribution in [0.3, 0.4) is 0 Å². The van der Waals surface area contributed by atoms with Crippen molar-refractivity contribution in [2.75, 3.05) is 132 Å². The predicted molar refractivity (Wildman–Crippen MR) is 488 cm³/mol. The number of nitrogens with two attached hydrogens (primary N) is 1. The molecule has 814 valence electrons. The molecule has 4 aliphatic rings. The van der Waals surface area contributed by atoms with Crippen molar-refractivity contribution in [1.82, 2.24) is 47.9 Å². The van der Waals surface area contributed by atoms with Crippen LogP contribution in [0.25, 0.3) is 0 Å². The summed E-state index contributed by atoms with van der Waals surface area (Å²) in [6.45, 7) is 11.8. The molecule has 4 aliphatic heterocycles. The summed E-state index contributed by atoms with van der Waals surface area (Å²) in [6, 6.07) is 3.08. The Morgan fingerprint density at radius 1 is 0.322 bits per heavy atom. The van der Waals surface area contributed by atoms with Gasteiger partial charge in [0.2, 0.25) is 29.5 Å². The second kappa shape index (κ2) is 63.0. The molecule has 21 atom stereocenters. The van der Waals surface area contributed by atoms with Crippen LogP contribution in [-0.4, -0.2) is 378 Å². The highest BCUT2D eigenvalue weighted by molar-refractivity contribution is 6.08. The highest BCUT2D eigenvalue weighted by atomic mass is 16.8.